The Hall–Kier alpha value is -2.70. The fourth-order valence-corrected chi connectivity index (χ4v) is 2.02. The van der Waals surface area contributed by atoms with E-state index in [1.54, 1.807) is 24.3 Å². The van der Waals surface area contributed by atoms with E-state index >= 15 is 0 Å². The summed E-state index contributed by atoms with van der Waals surface area (Å²) in [5.41, 5.74) is 0.672. The minimum absolute atomic E-state index is 0.0546. The summed E-state index contributed by atoms with van der Waals surface area (Å²) in [5, 5.41) is 0.755. The summed E-state index contributed by atoms with van der Waals surface area (Å²) in [6.45, 7) is 0.0546. The molecule has 2 amide bonds. The Morgan fingerprint density at radius 2 is 1.96 bits per heavy atom. The van der Waals surface area contributed by atoms with Crippen molar-refractivity contribution in [1.82, 2.24) is 5.06 Å². The number of unbranched alkanes of at least 4 members (excludes halogenated alkanes) is 1. The van der Waals surface area contributed by atoms with Crippen molar-refractivity contribution >= 4 is 24.1 Å². The Morgan fingerprint density at radius 1 is 1.22 bits per heavy atom. The van der Waals surface area contributed by atoms with Gasteiger partial charge in [0.1, 0.15) is 12.9 Å². The highest BCUT2D eigenvalue weighted by atomic mass is 16.7. The largest absolute Gasteiger partial charge is 0.461 e. The molecule has 23 heavy (non-hydrogen) atoms. The first-order valence-electron chi connectivity index (χ1n) is 7.32. The van der Waals surface area contributed by atoms with Gasteiger partial charge < -0.3 is 14.4 Å². The summed E-state index contributed by atoms with van der Waals surface area (Å²) in [5.74, 6) is -0.810. The van der Waals surface area contributed by atoms with Gasteiger partial charge in [-0.2, -0.15) is 0 Å². The normalized spacial score (nSPS) is 14.0. The van der Waals surface area contributed by atoms with Crippen LogP contribution in [0.25, 0.3) is 0 Å². The van der Waals surface area contributed by atoms with Gasteiger partial charge in [-0.15, -0.1) is 5.06 Å². The Balaban J connectivity index is 1.87. The van der Waals surface area contributed by atoms with Gasteiger partial charge in [-0.25, -0.2) is 0 Å². The lowest BCUT2D eigenvalue weighted by atomic mass is 10.2. The number of imide groups is 1. The van der Waals surface area contributed by atoms with Gasteiger partial charge in [-0.3, -0.25) is 14.4 Å². The lowest BCUT2D eigenvalue weighted by Crippen LogP contribution is -2.32. The first kappa shape index (κ1) is 16.7. The summed E-state index contributed by atoms with van der Waals surface area (Å²) >= 11 is 0. The fourth-order valence-electron chi connectivity index (χ4n) is 2.02. The summed E-state index contributed by atoms with van der Waals surface area (Å²) < 4.78 is 5.08. The van der Waals surface area contributed by atoms with Gasteiger partial charge in [-0.05, 0) is 24.1 Å². The van der Waals surface area contributed by atoms with E-state index in [1.807, 2.05) is 0 Å². The number of carbonyl (C=O) groups is 4. The van der Waals surface area contributed by atoms with Crippen LogP contribution >= 0.6 is 0 Å². The van der Waals surface area contributed by atoms with Crippen molar-refractivity contribution in [3.05, 3.63) is 29.8 Å². The van der Waals surface area contributed by atoms with E-state index in [2.05, 4.69) is 0 Å². The Labute approximate surface area is 133 Å². The van der Waals surface area contributed by atoms with Crippen LogP contribution in [0.1, 0.15) is 37.7 Å². The number of carbonyl (C=O) groups excluding carboxylic acids is 4. The van der Waals surface area contributed by atoms with E-state index in [0.717, 1.165) is 11.3 Å². The zero-order valence-corrected chi connectivity index (χ0v) is 12.5. The molecule has 1 aliphatic heterocycles. The monoisotopic (exact) mass is 319 g/mol. The van der Waals surface area contributed by atoms with Crippen LogP contribution in [0.5, 0.6) is 5.75 Å². The Bertz CT molecular complexity index is 596. The molecule has 0 radical (unpaired) electrons. The number of nitrogens with zero attached hydrogens (tertiary/aromatic N) is 1. The molecule has 122 valence electrons. The highest BCUT2D eigenvalue weighted by molar-refractivity contribution is 6.00. The summed E-state index contributed by atoms with van der Waals surface area (Å²) in [7, 11) is 0. The summed E-state index contributed by atoms with van der Waals surface area (Å²) in [6, 6.07) is 6.61. The predicted octanol–water partition coefficient (Wildman–Crippen LogP) is 1.54. The van der Waals surface area contributed by atoms with Crippen molar-refractivity contribution in [2.45, 2.75) is 38.7 Å². The molecule has 2 rings (SSSR count). The Kier molecular flexibility index (Phi) is 5.85. The van der Waals surface area contributed by atoms with Crippen molar-refractivity contribution in [2.24, 2.45) is 0 Å². The second-order valence-corrected chi connectivity index (χ2v) is 5.04. The second-order valence-electron chi connectivity index (χ2n) is 5.04. The minimum Gasteiger partial charge on any atom is -0.461 e. The number of ether oxygens (including phenoxy) is 1. The zero-order chi connectivity index (χ0) is 16.7. The molecule has 7 nitrogen and oxygen atoms in total. The van der Waals surface area contributed by atoms with E-state index in [1.165, 1.54) is 0 Å². The van der Waals surface area contributed by atoms with Gasteiger partial charge in [0.15, 0.2) is 5.75 Å². The number of hydrogen-bond acceptors (Lipinski definition) is 6. The van der Waals surface area contributed by atoms with Crippen LogP contribution in [0.3, 0.4) is 0 Å². The molecule has 1 aliphatic rings. The third kappa shape index (κ3) is 4.91. The van der Waals surface area contributed by atoms with E-state index in [9.17, 15) is 19.2 Å². The number of hydroxylamine groups is 2. The van der Waals surface area contributed by atoms with Crippen LogP contribution in [0.15, 0.2) is 24.3 Å². The molecule has 1 aromatic rings. The van der Waals surface area contributed by atoms with Crippen LogP contribution in [-0.4, -0.2) is 29.1 Å². The van der Waals surface area contributed by atoms with Crippen molar-refractivity contribution in [2.75, 3.05) is 0 Å². The van der Waals surface area contributed by atoms with Crippen LogP contribution < -0.4 is 4.84 Å². The van der Waals surface area contributed by atoms with E-state index in [4.69, 9.17) is 9.57 Å². The molecule has 0 bridgehead atoms. The maximum Gasteiger partial charge on any atom is 0.306 e. The van der Waals surface area contributed by atoms with Gasteiger partial charge in [0.2, 0.25) is 0 Å². The summed E-state index contributed by atoms with van der Waals surface area (Å²) in [6.07, 6.45) is 2.04. The van der Waals surface area contributed by atoms with Crippen molar-refractivity contribution in [1.29, 1.82) is 0 Å². The van der Waals surface area contributed by atoms with Gasteiger partial charge in [0.25, 0.3) is 11.8 Å². The predicted molar refractivity (Wildman–Crippen MR) is 77.9 cm³/mol. The minimum atomic E-state index is -0.386. The SMILES string of the molecule is O=CCCCC(=O)OCc1cccc(ON2C(=O)CCC2=O)c1. The topological polar surface area (TPSA) is 90.0 Å². The molecule has 0 spiro atoms. The number of rotatable bonds is 8. The lowest BCUT2D eigenvalue weighted by Gasteiger charge is -2.14. The smallest absolute Gasteiger partial charge is 0.306 e. The van der Waals surface area contributed by atoms with E-state index in [0.29, 0.717) is 24.2 Å². The molecule has 0 unspecified atom stereocenters. The molecule has 1 saturated heterocycles. The van der Waals surface area contributed by atoms with Crippen LogP contribution in [0.4, 0.5) is 0 Å². The third-order valence-electron chi connectivity index (χ3n) is 3.20. The van der Waals surface area contributed by atoms with Crippen molar-refractivity contribution < 1.29 is 28.8 Å². The van der Waals surface area contributed by atoms with E-state index in [-0.39, 0.29) is 43.7 Å². The number of aldehydes is 1. The maximum absolute atomic E-state index is 11.5. The van der Waals surface area contributed by atoms with Crippen LogP contribution in [-0.2, 0) is 30.5 Å². The number of amides is 2. The van der Waals surface area contributed by atoms with Gasteiger partial charge in [0.05, 0.1) is 0 Å². The van der Waals surface area contributed by atoms with Crippen LogP contribution in [0, 0.1) is 0 Å². The van der Waals surface area contributed by atoms with Crippen molar-refractivity contribution in [3.8, 4) is 5.75 Å². The average molecular weight is 319 g/mol. The summed E-state index contributed by atoms with van der Waals surface area (Å²) in [4.78, 5) is 49.9. The fraction of sp³-hybridized carbons (Fsp3) is 0.375. The quantitative estimate of drug-likeness (QED) is 0.312. The first-order chi connectivity index (χ1) is 11.1. The molecule has 0 aliphatic carbocycles. The standard InChI is InChI=1S/C16H17NO6/c18-9-2-1-6-16(21)22-11-12-4-3-5-13(10-12)23-17-14(19)7-8-15(17)20/h3-5,9-10H,1-2,6-8,11H2. The van der Waals surface area contributed by atoms with E-state index < -0.39 is 0 Å². The highest BCUT2D eigenvalue weighted by Crippen LogP contribution is 2.19. The molecule has 0 atom stereocenters. The van der Waals surface area contributed by atoms with Crippen LogP contribution in [0.2, 0.25) is 0 Å². The third-order valence-corrected chi connectivity index (χ3v) is 3.20. The first-order valence-corrected chi connectivity index (χ1v) is 7.32. The molecule has 7 heteroatoms. The second kappa shape index (κ2) is 8.07. The molecular weight excluding hydrogens is 302 g/mol. The van der Waals surface area contributed by atoms with Gasteiger partial charge >= 0.3 is 5.97 Å². The molecule has 0 saturated carbocycles. The molecule has 1 heterocycles. The van der Waals surface area contributed by atoms with Crippen molar-refractivity contribution in [3.63, 3.8) is 0 Å². The Morgan fingerprint density at radius 3 is 2.65 bits per heavy atom. The maximum atomic E-state index is 11.5. The molecule has 0 aromatic heterocycles. The molecule has 1 fully saturated rings. The number of esters is 1. The zero-order valence-electron chi connectivity index (χ0n) is 12.5. The van der Waals surface area contributed by atoms with Gasteiger partial charge in [0, 0.05) is 25.7 Å². The average Bonchev–Trinajstić information content (AvgIpc) is 2.86. The lowest BCUT2D eigenvalue weighted by molar-refractivity contribution is -0.164. The molecule has 0 N–H and O–H groups in total. The number of hydrogen-bond donors (Lipinski definition) is 0. The molecular formula is C16H17NO6. The molecule has 1 aromatic carbocycles. The number of benzene rings is 1. The highest BCUT2D eigenvalue weighted by Gasteiger charge is 2.31. The van der Waals surface area contributed by atoms with Gasteiger partial charge in [-0.1, -0.05) is 12.1 Å².